The number of hydrogen-bond acceptors (Lipinski definition) is 3. The predicted octanol–water partition coefficient (Wildman–Crippen LogP) is 4.54. The van der Waals surface area contributed by atoms with Crippen LogP contribution in [0.3, 0.4) is 0 Å². The molecule has 0 amide bonds. The minimum absolute atomic E-state index is 0.128. The zero-order valence-corrected chi connectivity index (χ0v) is 13.6. The highest BCUT2D eigenvalue weighted by Crippen LogP contribution is 2.38. The number of ketones is 2. The Morgan fingerprint density at radius 2 is 1.36 bits per heavy atom. The molecule has 1 N–H and O–H groups in total. The van der Waals surface area contributed by atoms with Gasteiger partial charge >= 0.3 is 0 Å². The van der Waals surface area contributed by atoms with Gasteiger partial charge in [0.15, 0.2) is 11.6 Å². The Balaban J connectivity index is 1.83. The van der Waals surface area contributed by atoms with E-state index in [2.05, 4.69) is 5.32 Å². The normalized spacial score (nSPS) is 19.0. The summed E-state index contributed by atoms with van der Waals surface area (Å²) in [6.07, 6.45) is 0. The van der Waals surface area contributed by atoms with Gasteiger partial charge in [0.2, 0.25) is 0 Å². The van der Waals surface area contributed by atoms with Crippen LogP contribution in [0.5, 0.6) is 0 Å². The van der Waals surface area contributed by atoms with Crippen molar-refractivity contribution in [3.8, 4) is 0 Å². The average Bonchev–Trinajstić information content (AvgIpc) is 2.69. The van der Waals surface area contributed by atoms with Crippen LogP contribution in [0, 0.1) is 5.92 Å². The highest BCUT2D eigenvalue weighted by molar-refractivity contribution is 6.19. The SMILES string of the molecule is O=C(c1ccccc1)C1C(=O)c2ccccc2NC1c1ccccc1. The minimum atomic E-state index is -0.778. The van der Waals surface area contributed by atoms with Gasteiger partial charge in [0.05, 0.1) is 6.04 Å². The zero-order valence-electron chi connectivity index (χ0n) is 13.6. The maximum atomic E-state index is 13.2. The molecule has 0 bridgehead atoms. The van der Waals surface area contributed by atoms with E-state index in [1.165, 1.54) is 0 Å². The van der Waals surface area contributed by atoms with E-state index in [-0.39, 0.29) is 17.6 Å². The van der Waals surface area contributed by atoms with Gasteiger partial charge in [-0.2, -0.15) is 0 Å². The van der Waals surface area contributed by atoms with Crippen LogP contribution in [-0.2, 0) is 0 Å². The molecule has 0 fully saturated rings. The monoisotopic (exact) mass is 327 g/mol. The summed E-state index contributed by atoms with van der Waals surface area (Å²) in [5.41, 5.74) is 2.84. The lowest BCUT2D eigenvalue weighted by atomic mass is 9.78. The van der Waals surface area contributed by atoms with Crippen molar-refractivity contribution >= 4 is 17.3 Å². The Bertz CT molecular complexity index is 919. The number of anilines is 1. The highest BCUT2D eigenvalue weighted by Gasteiger charge is 2.41. The molecule has 0 saturated carbocycles. The highest BCUT2D eigenvalue weighted by atomic mass is 16.2. The summed E-state index contributed by atoms with van der Waals surface area (Å²) in [6.45, 7) is 0. The standard InChI is InChI=1S/C22H17NO2/c24-21(16-11-5-2-6-12-16)19-20(15-9-3-1-4-10-15)23-18-14-8-7-13-17(18)22(19)25/h1-14,19-20,23H. The molecule has 3 nitrogen and oxygen atoms in total. The molecule has 0 aromatic heterocycles. The van der Waals surface area contributed by atoms with Crippen molar-refractivity contribution in [1.29, 1.82) is 0 Å². The first-order valence-corrected chi connectivity index (χ1v) is 8.29. The molecule has 1 aliphatic heterocycles. The number of para-hydroxylation sites is 1. The van der Waals surface area contributed by atoms with Crippen molar-refractivity contribution in [2.75, 3.05) is 5.32 Å². The van der Waals surface area contributed by atoms with E-state index in [4.69, 9.17) is 0 Å². The lowest BCUT2D eigenvalue weighted by Gasteiger charge is -2.33. The van der Waals surface area contributed by atoms with E-state index in [9.17, 15) is 9.59 Å². The summed E-state index contributed by atoms with van der Waals surface area (Å²) in [4.78, 5) is 26.3. The van der Waals surface area contributed by atoms with Gasteiger partial charge in [-0.1, -0.05) is 72.8 Å². The van der Waals surface area contributed by atoms with E-state index in [1.807, 2.05) is 66.7 Å². The first kappa shape index (κ1) is 15.3. The fourth-order valence-electron chi connectivity index (χ4n) is 3.38. The second-order valence-electron chi connectivity index (χ2n) is 6.15. The number of carbonyl (C=O) groups excluding carboxylic acids is 2. The van der Waals surface area contributed by atoms with E-state index < -0.39 is 5.92 Å². The van der Waals surface area contributed by atoms with Gasteiger partial charge in [0.25, 0.3) is 0 Å². The Morgan fingerprint density at radius 3 is 2.08 bits per heavy atom. The Labute approximate surface area is 146 Å². The summed E-state index contributed by atoms with van der Waals surface area (Å²) >= 11 is 0. The quantitative estimate of drug-likeness (QED) is 0.567. The number of rotatable bonds is 3. The van der Waals surface area contributed by atoms with Crippen LogP contribution in [0.2, 0.25) is 0 Å². The Morgan fingerprint density at radius 1 is 0.760 bits per heavy atom. The molecular formula is C22H17NO2. The van der Waals surface area contributed by atoms with Crippen molar-refractivity contribution in [2.24, 2.45) is 5.92 Å². The van der Waals surface area contributed by atoms with Gasteiger partial charge in [0.1, 0.15) is 5.92 Å². The van der Waals surface area contributed by atoms with Crippen LogP contribution in [0.25, 0.3) is 0 Å². The summed E-state index contributed by atoms with van der Waals surface area (Å²) in [7, 11) is 0. The molecule has 3 heteroatoms. The molecule has 0 spiro atoms. The van der Waals surface area contributed by atoms with Gasteiger partial charge in [-0.15, -0.1) is 0 Å². The molecular weight excluding hydrogens is 310 g/mol. The van der Waals surface area contributed by atoms with E-state index in [0.29, 0.717) is 11.1 Å². The zero-order chi connectivity index (χ0) is 17.2. The molecule has 0 saturated heterocycles. The third-order valence-corrected chi connectivity index (χ3v) is 4.62. The third-order valence-electron chi connectivity index (χ3n) is 4.62. The summed E-state index contributed by atoms with van der Waals surface area (Å²) in [5.74, 6) is -1.06. The molecule has 4 rings (SSSR count). The molecule has 1 aliphatic rings. The summed E-state index contributed by atoms with van der Waals surface area (Å²) < 4.78 is 0. The van der Waals surface area contributed by atoms with E-state index >= 15 is 0 Å². The number of fused-ring (bicyclic) bond motifs is 1. The fraction of sp³-hybridized carbons (Fsp3) is 0.0909. The largest absolute Gasteiger partial charge is 0.376 e. The first-order valence-electron chi connectivity index (χ1n) is 8.29. The number of carbonyl (C=O) groups is 2. The maximum absolute atomic E-state index is 13.2. The molecule has 1 heterocycles. The number of nitrogens with one attached hydrogen (secondary N) is 1. The van der Waals surface area contributed by atoms with Crippen molar-refractivity contribution in [1.82, 2.24) is 0 Å². The van der Waals surface area contributed by atoms with Crippen molar-refractivity contribution in [2.45, 2.75) is 6.04 Å². The minimum Gasteiger partial charge on any atom is -0.376 e. The van der Waals surface area contributed by atoms with Crippen LogP contribution in [0.15, 0.2) is 84.9 Å². The van der Waals surface area contributed by atoms with Crippen LogP contribution in [0.4, 0.5) is 5.69 Å². The van der Waals surface area contributed by atoms with Crippen LogP contribution in [0.1, 0.15) is 32.3 Å². The van der Waals surface area contributed by atoms with Gasteiger partial charge < -0.3 is 5.32 Å². The smallest absolute Gasteiger partial charge is 0.178 e. The predicted molar refractivity (Wildman–Crippen MR) is 97.8 cm³/mol. The van der Waals surface area contributed by atoms with Gasteiger partial charge in [-0.3, -0.25) is 9.59 Å². The Hall–Kier alpha value is -3.20. The third kappa shape index (κ3) is 2.74. The van der Waals surface area contributed by atoms with Crippen molar-refractivity contribution < 1.29 is 9.59 Å². The molecule has 0 aliphatic carbocycles. The lowest BCUT2D eigenvalue weighted by molar-refractivity contribution is 0.0784. The first-order chi connectivity index (χ1) is 12.3. The summed E-state index contributed by atoms with van der Waals surface area (Å²) in [5, 5.41) is 3.40. The lowest BCUT2D eigenvalue weighted by Crippen LogP contribution is -2.38. The molecule has 3 aromatic carbocycles. The van der Waals surface area contributed by atoms with Gasteiger partial charge in [-0.25, -0.2) is 0 Å². The van der Waals surface area contributed by atoms with Gasteiger partial charge in [-0.05, 0) is 17.7 Å². The second-order valence-corrected chi connectivity index (χ2v) is 6.15. The van der Waals surface area contributed by atoms with Gasteiger partial charge in [0, 0.05) is 16.8 Å². The number of hydrogen-bond donors (Lipinski definition) is 1. The number of benzene rings is 3. The van der Waals surface area contributed by atoms with Crippen molar-refractivity contribution in [3.05, 3.63) is 102 Å². The number of Topliss-reactive ketones (excluding diaryl/α,β-unsaturated/α-hetero) is 2. The molecule has 25 heavy (non-hydrogen) atoms. The Kier molecular flexibility index (Phi) is 3.90. The van der Waals surface area contributed by atoms with Crippen LogP contribution in [-0.4, -0.2) is 11.6 Å². The van der Waals surface area contributed by atoms with E-state index in [0.717, 1.165) is 11.3 Å². The topological polar surface area (TPSA) is 46.2 Å². The molecule has 2 atom stereocenters. The fourth-order valence-corrected chi connectivity index (χ4v) is 3.38. The maximum Gasteiger partial charge on any atom is 0.178 e. The molecule has 0 radical (unpaired) electrons. The summed E-state index contributed by atoms with van der Waals surface area (Å²) in [6, 6.07) is 25.7. The second kappa shape index (κ2) is 6.36. The molecule has 3 aromatic rings. The van der Waals surface area contributed by atoms with Crippen LogP contribution < -0.4 is 5.32 Å². The van der Waals surface area contributed by atoms with Crippen LogP contribution >= 0.6 is 0 Å². The van der Waals surface area contributed by atoms with E-state index in [1.54, 1.807) is 18.2 Å². The average molecular weight is 327 g/mol. The molecule has 122 valence electrons. The van der Waals surface area contributed by atoms with Crippen molar-refractivity contribution in [3.63, 3.8) is 0 Å². The molecule has 2 unspecified atom stereocenters.